The molecule has 0 heterocycles. The Morgan fingerprint density at radius 3 is 2.36 bits per heavy atom. The van der Waals surface area contributed by atoms with E-state index in [4.69, 9.17) is 32.7 Å². The van der Waals surface area contributed by atoms with Crippen LogP contribution in [0.5, 0.6) is 11.5 Å². The minimum absolute atomic E-state index is 0.0883. The lowest BCUT2D eigenvalue weighted by atomic mass is 10.0. The molecule has 0 saturated heterocycles. The first-order valence-corrected chi connectivity index (χ1v) is 9.26. The zero-order chi connectivity index (χ0) is 20.7. The summed E-state index contributed by atoms with van der Waals surface area (Å²) in [6.45, 7) is 4.62. The summed E-state index contributed by atoms with van der Waals surface area (Å²) < 4.78 is 11.4. The molecule has 0 fully saturated rings. The lowest BCUT2D eigenvalue weighted by Crippen LogP contribution is -2.17. The van der Waals surface area contributed by atoms with Gasteiger partial charge in [-0.25, -0.2) is 4.79 Å². The van der Waals surface area contributed by atoms with Crippen molar-refractivity contribution in [3.8, 4) is 11.5 Å². The van der Waals surface area contributed by atoms with E-state index in [0.29, 0.717) is 45.2 Å². The molecule has 2 aromatic rings. The molecule has 0 unspecified atom stereocenters. The first-order chi connectivity index (χ1) is 13.3. The normalized spacial score (nSPS) is 11.4. The van der Waals surface area contributed by atoms with Crippen molar-refractivity contribution in [2.75, 3.05) is 13.7 Å². The largest absolute Gasteiger partial charge is 0.490 e. The fraction of sp³-hybridized carbons (Fsp3) is 0.300. The lowest BCUT2D eigenvalue weighted by Gasteiger charge is -2.15. The Labute approximate surface area is 173 Å². The number of rotatable bonds is 9. The number of carboxylic acid groups (broad SMARTS) is 1. The average Bonchev–Trinajstić information content (AvgIpc) is 2.63. The number of aliphatic carboxylic acids is 1. The fourth-order valence-electron chi connectivity index (χ4n) is 2.34. The number of nitrogens with zero attached hydrogens (tertiary/aromatic N) is 1. The molecule has 0 spiro atoms. The van der Waals surface area contributed by atoms with Crippen molar-refractivity contribution in [1.29, 1.82) is 0 Å². The van der Waals surface area contributed by atoms with Gasteiger partial charge in [-0.1, -0.05) is 66.5 Å². The maximum Gasteiger partial charge on any atom is 0.358 e. The van der Waals surface area contributed by atoms with E-state index in [2.05, 4.69) is 9.99 Å². The Bertz CT molecular complexity index is 844. The minimum atomic E-state index is -1.20. The van der Waals surface area contributed by atoms with Gasteiger partial charge in [-0.2, -0.15) is 0 Å². The molecule has 6 nitrogen and oxygen atoms in total. The molecule has 0 aliphatic rings. The van der Waals surface area contributed by atoms with E-state index in [9.17, 15) is 9.90 Å². The summed E-state index contributed by atoms with van der Waals surface area (Å²) in [4.78, 5) is 16.1. The fourth-order valence-corrected chi connectivity index (χ4v) is 2.92. The van der Waals surface area contributed by atoms with Gasteiger partial charge in [0, 0.05) is 17.7 Å². The molecule has 0 bridgehead atoms. The van der Waals surface area contributed by atoms with Crippen LogP contribution in [0.4, 0.5) is 0 Å². The molecule has 0 aliphatic carbocycles. The van der Waals surface area contributed by atoms with Crippen molar-refractivity contribution in [3.63, 3.8) is 0 Å². The van der Waals surface area contributed by atoms with E-state index in [1.54, 1.807) is 36.4 Å². The number of oxime groups is 1. The molecule has 0 aromatic heterocycles. The number of benzene rings is 2. The third-order valence-electron chi connectivity index (χ3n) is 3.58. The van der Waals surface area contributed by atoms with Crippen LogP contribution in [0.25, 0.3) is 0 Å². The average molecular weight is 426 g/mol. The van der Waals surface area contributed by atoms with Crippen LogP contribution in [-0.4, -0.2) is 30.5 Å². The number of hydrogen-bond acceptors (Lipinski definition) is 5. The van der Waals surface area contributed by atoms with Crippen molar-refractivity contribution in [3.05, 3.63) is 57.6 Å². The highest BCUT2D eigenvalue weighted by Gasteiger charge is 2.18. The number of ether oxygens (including phenoxy) is 2. The summed E-state index contributed by atoms with van der Waals surface area (Å²) >= 11 is 12.5. The Kier molecular flexibility index (Phi) is 7.96. The van der Waals surface area contributed by atoms with Gasteiger partial charge in [-0.05, 0) is 11.5 Å². The third kappa shape index (κ3) is 5.78. The zero-order valence-electron chi connectivity index (χ0n) is 15.7. The number of halogens is 2. The summed E-state index contributed by atoms with van der Waals surface area (Å²) in [5.74, 6) is -0.0313. The topological polar surface area (TPSA) is 77.4 Å². The zero-order valence-corrected chi connectivity index (χ0v) is 17.3. The molecule has 1 N–H and O–H groups in total. The first-order valence-electron chi connectivity index (χ1n) is 8.50. The van der Waals surface area contributed by atoms with Gasteiger partial charge in [-0.15, -0.1) is 0 Å². The Balaban J connectivity index is 2.21. The highest BCUT2D eigenvalue weighted by molar-refractivity contribution is 6.42. The van der Waals surface area contributed by atoms with Crippen LogP contribution >= 0.6 is 23.2 Å². The van der Waals surface area contributed by atoms with Crippen LogP contribution in [-0.2, 0) is 16.2 Å². The molecule has 0 aliphatic heterocycles. The monoisotopic (exact) mass is 425 g/mol. The van der Waals surface area contributed by atoms with E-state index in [-0.39, 0.29) is 12.3 Å². The van der Waals surface area contributed by atoms with Crippen LogP contribution in [0.3, 0.4) is 0 Å². The summed E-state index contributed by atoms with van der Waals surface area (Å²) in [7, 11) is 1.29. The summed E-state index contributed by atoms with van der Waals surface area (Å²) in [6.07, 6.45) is 0. The predicted octanol–water partition coefficient (Wildman–Crippen LogP) is 5.04. The number of carbonyl (C=O) groups is 1. The SMILES string of the molecule is CO/N=C(/C(=O)O)c1ccccc1COc1cc(Cl)c(OCC(C)C)c(Cl)c1. The molecule has 2 rings (SSSR count). The molecule has 150 valence electrons. The molecule has 0 atom stereocenters. The second-order valence-corrected chi connectivity index (χ2v) is 7.11. The maximum atomic E-state index is 11.5. The van der Waals surface area contributed by atoms with E-state index in [0.717, 1.165) is 0 Å². The van der Waals surface area contributed by atoms with E-state index in [1.165, 1.54) is 7.11 Å². The molecular formula is C20H21Cl2NO5. The maximum absolute atomic E-state index is 11.5. The van der Waals surface area contributed by atoms with Gasteiger partial charge < -0.3 is 19.4 Å². The highest BCUT2D eigenvalue weighted by atomic mass is 35.5. The van der Waals surface area contributed by atoms with E-state index < -0.39 is 5.97 Å². The Morgan fingerprint density at radius 2 is 1.79 bits per heavy atom. The van der Waals surface area contributed by atoms with Crippen molar-refractivity contribution in [2.24, 2.45) is 11.1 Å². The molecular weight excluding hydrogens is 405 g/mol. The molecule has 0 radical (unpaired) electrons. The van der Waals surface area contributed by atoms with Gasteiger partial charge in [-0.3, -0.25) is 0 Å². The first kappa shape index (κ1) is 21.9. The predicted molar refractivity (Wildman–Crippen MR) is 109 cm³/mol. The summed E-state index contributed by atoms with van der Waals surface area (Å²) in [6, 6.07) is 10.1. The third-order valence-corrected chi connectivity index (χ3v) is 4.15. The van der Waals surface area contributed by atoms with Crippen molar-refractivity contribution in [2.45, 2.75) is 20.5 Å². The van der Waals surface area contributed by atoms with E-state index >= 15 is 0 Å². The lowest BCUT2D eigenvalue weighted by molar-refractivity contribution is -0.129. The van der Waals surface area contributed by atoms with Gasteiger partial charge in [0.05, 0.1) is 16.7 Å². The van der Waals surface area contributed by atoms with Crippen LogP contribution in [0.1, 0.15) is 25.0 Å². The molecule has 28 heavy (non-hydrogen) atoms. The quantitative estimate of drug-likeness (QED) is 0.449. The van der Waals surface area contributed by atoms with Gasteiger partial charge >= 0.3 is 5.97 Å². The van der Waals surface area contributed by atoms with Crippen LogP contribution < -0.4 is 9.47 Å². The Hall–Kier alpha value is -2.44. The minimum Gasteiger partial charge on any atom is -0.490 e. The number of hydrogen-bond donors (Lipinski definition) is 1. The smallest absolute Gasteiger partial charge is 0.358 e. The van der Waals surface area contributed by atoms with Gasteiger partial charge in [0.15, 0.2) is 11.5 Å². The van der Waals surface area contributed by atoms with E-state index in [1.807, 2.05) is 13.8 Å². The van der Waals surface area contributed by atoms with Crippen LogP contribution in [0, 0.1) is 5.92 Å². The van der Waals surface area contributed by atoms with Crippen LogP contribution in [0.15, 0.2) is 41.6 Å². The van der Waals surface area contributed by atoms with Crippen molar-refractivity contribution < 1.29 is 24.2 Å². The van der Waals surface area contributed by atoms with Gasteiger partial charge in [0.25, 0.3) is 0 Å². The van der Waals surface area contributed by atoms with Crippen molar-refractivity contribution in [1.82, 2.24) is 0 Å². The molecule has 8 heteroatoms. The second kappa shape index (κ2) is 10.2. The molecule has 0 amide bonds. The Morgan fingerprint density at radius 1 is 1.14 bits per heavy atom. The van der Waals surface area contributed by atoms with Gasteiger partial charge in [0.1, 0.15) is 19.5 Å². The summed E-state index contributed by atoms with van der Waals surface area (Å²) in [5.41, 5.74) is 0.800. The summed E-state index contributed by atoms with van der Waals surface area (Å²) in [5, 5.41) is 13.6. The molecule has 2 aromatic carbocycles. The highest BCUT2D eigenvalue weighted by Crippen LogP contribution is 2.37. The molecule has 0 saturated carbocycles. The number of carboxylic acids is 1. The van der Waals surface area contributed by atoms with Crippen molar-refractivity contribution >= 4 is 34.9 Å². The standard InChI is InChI=1S/C20H21Cl2NO5/c1-12(2)10-28-19-16(21)8-14(9-17(19)22)27-11-13-6-4-5-7-15(13)18(20(24)25)23-26-3/h4-9,12H,10-11H2,1-3H3,(H,24,25)/b23-18+. The van der Waals surface area contributed by atoms with Crippen LogP contribution in [0.2, 0.25) is 10.0 Å². The second-order valence-electron chi connectivity index (χ2n) is 6.29. The van der Waals surface area contributed by atoms with Gasteiger partial charge in [0.2, 0.25) is 0 Å².